The minimum Gasteiger partial charge on any atom is -0.324 e. The van der Waals surface area contributed by atoms with Crippen molar-refractivity contribution >= 4 is 17.5 Å². The van der Waals surface area contributed by atoms with Crippen LogP contribution in [-0.4, -0.2) is 22.8 Å². The van der Waals surface area contributed by atoms with E-state index in [1.165, 1.54) is 18.2 Å². The fourth-order valence-electron chi connectivity index (χ4n) is 3.02. The van der Waals surface area contributed by atoms with Crippen molar-refractivity contribution in [3.63, 3.8) is 0 Å². The van der Waals surface area contributed by atoms with Gasteiger partial charge >= 0.3 is 0 Å². The molecule has 2 aromatic carbocycles. The monoisotopic (exact) mass is 326 g/mol. The Hall–Kier alpha value is -2.69. The summed E-state index contributed by atoms with van der Waals surface area (Å²) in [7, 11) is 0. The lowest BCUT2D eigenvalue weighted by atomic mass is 10.1. The van der Waals surface area contributed by atoms with Crippen LogP contribution in [0.2, 0.25) is 0 Å². The number of hydrogen-bond donors (Lipinski definition) is 1. The van der Waals surface area contributed by atoms with Gasteiger partial charge in [-0.25, -0.2) is 4.39 Å². The predicted octanol–water partition coefficient (Wildman–Crippen LogP) is 3.59. The Morgan fingerprint density at radius 3 is 2.75 bits per heavy atom. The second-order valence-corrected chi connectivity index (χ2v) is 5.89. The van der Waals surface area contributed by atoms with Gasteiger partial charge in [-0.2, -0.15) is 0 Å². The quantitative estimate of drug-likeness (QED) is 0.913. The molecule has 0 saturated carbocycles. The van der Waals surface area contributed by atoms with Crippen molar-refractivity contribution in [2.24, 2.45) is 0 Å². The van der Waals surface area contributed by atoms with Crippen LogP contribution in [0.15, 0.2) is 48.5 Å². The lowest BCUT2D eigenvalue weighted by molar-refractivity contribution is -0.120. The first-order chi connectivity index (χ1) is 11.6. The van der Waals surface area contributed by atoms with Crippen molar-refractivity contribution in [3.05, 3.63) is 65.5 Å². The van der Waals surface area contributed by atoms with E-state index in [0.29, 0.717) is 24.2 Å². The highest BCUT2D eigenvalue weighted by Gasteiger charge is 2.35. The van der Waals surface area contributed by atoms with E-state index in [-0.39, 0.29) is 11.8 Å². The fourth-order valence-corrected chi connectivity index (χ4v) is 3.02. The zero-order valence-corrected chi connectivity index (χ0v) is 13.5. The Balaban J connectivity index is 1.80. The van der Waals surface area contributed by atoms with Gasteiger partial charge in [-0.1, -0.05) is 37.6 Å². The molecule has 4 nitrogen and oxygen atoms in total. The van der Waals surface area contributed by atoms with Gasteiger partial charge in [0.1, 0.15) is 11.9 Å². The van der Waals surface area contributed by atoms with E-state index >= 15 is 0 Å². The van der Waals surface area contributed by atoms with E-state index in [1.54, 1.807) is 17.0 Å². The Kier molecular flexibility index (Phi) is 4.60. The van der Waals surface area contributed by atoms with Crippen LogP contribution in [0.5, 0.6) is 0 Å². The van der Waals surface area contributed by atoms with Crippen molar-refractivity contribution in [2.75, 3.05) is 5.32 Å². The molecule has 3 rings (SSSR count). The molecule has 1 atom stereocenters. The van der Waals surface area contributed by atoms with E-state index in [1.807, 2.05) is 25.1 Å². The van der Waals surface area contributed by atoms with Gasteiger partial charge in [0.25, 0.3) is 5.91 Å². The van der Waals surface area contributed by atoms with E-state index in [0.717, 1.165) is 12.0 Å². The number of nitrogens with one attached hydrogen (secondary N) is 1. The molecule has 1 heterocycles. The molecule has 0 spiro atoms. The summed E-state index contributed by atoms with van der Waals surface area (Å²) in [5.41, 5.74) is 1.98. The number of fused-ring (bicyclic) bond motifs is 1. The van der Waals surface area contributed by atoms with E-state index < -0.39 is 11.9 Å². The molecule has 5 heteroatoms. The first-order valence-electron chi connectivity index (χ1n) is 8.05. The molecule has 124 valence electrons. The zero-order chi connectivity index (χ0) is 17.1. The number of hydrogen-bond acceptors (Lipinski definition) is 2. The number of amides is 2. The van der Waals surface area contributed by atoms with Gasteiger partial charge in [-0.15, -0.1) is 0 Å². The van der Waals surface area contributed by atoms with Crippen molar-refractivity contribution in [1.29, 1.82) is 0 Å². The van der Waals surface area contributed by atoms with Crippen molar-refractivity contribution < 1.29 is 14.0 Å². The standard InChI is InChI=1S/C19H19FN2O2/c1-2-6-17(18(23)21-15-9-5-8-14(20)11-15)22-12-13-7-3-4-10-16(13)19(22)24/h3-5,7-11,17H,2,6,12H2,1H3,(H,21,23). The summed E-state index contributed by atoms with van der Waals surface area (Å²) in [5.74, 6) is -0.827. The Bertz CT molecular complexity index is 775. The van der Waals surface area contributed by atoms with Gasteiger partial charge < -0.3 is 10.2 Å². The number of benzene rings is 2. The minimum atomic E-state index is -0.571. The van der Waals surface area contributed by atoms with E-state index in [4.69, 9.17) is 0 Å². The molecule has 2 aromatic rings. The third-order valence-electron chi connectivity index (χ3n) is 4.18. The molecule has 1 N–H and O–H groups in total. The second kappa shape index (κ2) is 6.83. The molecule has 0 bridgehead atoms. The third kappa shape index (κ3) is 3.15. The van der Waals surface area contributed by atoms with Crippen LogP contribution in [0.1, 0.15) is 35.7 Å². The molecule has 2 amide bonds. The first kappa shape index (κ1) is 16.2. The molecule has 0 fully saturated rings. The zero-order valence-electron chi connectivity index (χ0n) is 13.5. The fraction of sp³-hybridized carbons (Fsp3) is 0.263. The molecule has 1 aliphatic heterocycles. The van der Waals surface area contributed by atoms with Crippen LogP contribution in [0.4, 0.5) is 10.1 Å². The van der Waals surface area contributed by atoms with Crippen LogP contribution in [0.25, 0.3) is 0 Å². The number of nitrogens with zero attached hydrogens (tertiary/aromatic N) is 1. The van der Waals surface area contributed by atoms with E-state index in [2.05, 4.69) is 5.32 Å². The van der Waals surface area contributed by atoms with Gasteiger partial charge in [0.05, 0.1) is 0 Å². The highest BCUT2D eigenvalue weighted by molar-refractivity contribution is 6.03. The molecule has 24 heavy (non-hydrogen) atoms. The molecule has 0 radical (unpaired) electrons. The molecule has 1 unspecified atom stereocenters. The lowest BCUT2D eigenvalue weighted by Crippen LogP contribution is -2.44. The summed E-state index contributed by atoms with van der Waals surface area (Å²) in [6, 6.07) is 12.6. The molecular formula is C19H19FN2O2. The summed E-state index contributed by atoms with van der Waals surface area (Å²) in [6.45, 7) is 2.40. The van der Waals surface area contributed by atoms with Crippen molar-refractivity contribution in [1.82, 2.24) is 4.90 Å². The number of anilines is 1. The van der Waals surface area contributed by atoms with Crippen LogP contribution in [-0.2, 0) is 11.3 Å². The van der Waals surface area contributed by atoms with Gasteiger partial charge in [-0.05, 0) is 36.2 Å². The summed E-state index contributed by atoms with van der Waals surface area (Å²) >= 11 is 0. The predicted molar refractivity (Wildman–Crippen MR) is 90.0 cm³/mol. The topological polar surface area (TPSA) is 49.4 Å². The van der Waals surface area contributed by atoms with Crippen LogP contribution in [0, 0.1) is 5.82 Å². The Labute approximate surface area is 140 Å². The maximum absolute atomic E-state index is 13.3. The SMILES string of the molecule is CCCC(C(=O)Nc1cccc(F)c1)N1Cc2ccccc2C1=O. The first-order valence-corrected chi connectivity index (χ1v) is 8.05. The molecule has 1 aliphatic rings. The number of halogens is 1. The van der Waals surface area contributed by atoms with Gasteiger partial charge in [-0.3, -0.25) is 9.59 Å². The van der Waals surface area contributed by atoms with Gasteiger partial charge in [0, 0.05) is 17.8 Å². The summed E-state index contributed by atoms with van der Waals surface area (Å²) in [6.07, 6.45) is 1.32. The smallest absolute Gasteiger partial charge is 0.255 e. The Morgan fingerprint density at radius 1 is 1.25 bits per heavy atom. The van der Waals surface area contributed by atoms with Crippen LogP contribution in [0.3, 0.4) is 0 Å². The molecule has 0 aliphatic carbocycles. The Morgan fingerprint density at radius 2 is 2.04 bits per heavy atom. The van der Waals surface area contributed by atoms with E-state index in [9.17, 15) is 14.0 Å². The maximum Gasteiger partial charge on any atom is 0.255 e. The van der Waals surface area contributed by atoms with Gasteiger partial charge in [0.15, 0.2) is 0 Å². The summed E-state index contributed by atoms with van der Waals surface area (Å²) in [5, 5.41) is 2.72. The average molecular weight is 326 g/mol. The average Bonchev–Trinajstić information content (AvgIpc) is 2.89. The summed E-state index contributed by atoms with van der Waals surface area (Å²) in [4.78, 5) is 26.9. The number of rotatable bonds is 5. The molecular weight excluding hydrogens is 307 g/mol. The molecule has 0 saturated heterocycles. The lowest BCUT2D eigenvalue weighted by Gasteiger charge is -2.26. The third-order valence-corrected chi connectivity index (χ3v) is 4.18. The maximum atomic E-state index is 13.3. The summed E-state index contributed by atoms with van der Waals surface area (Å²) < 4.78 is 13.3. The van der Waals surface area contributed by atoms with Crippen molar-refractivity contribution in [3.8, 4) is 0 Å². The van der Waals surface area contributed by atoms with Crippen LogP contribution >= 0.6 is 0 Å². The largest absolute Gasteiger partial charge is 0.324 e. The number of carbonyl (C=O) groups is 2. The highest BCUT2D eigenvalue weighted by Crippen LogP contribution is 2.26. The highest BCUT2D eigenvalue weighted by atomic mass is 19.1. The second-order valence-electron chi connectivity index (χ2n) is 5.89. The molecule has 0 aromatic heterocycles. The normalized spacial score (nSPS) is 14.4. The minimum absolute atomic E-state index is 0.126. The van der Waals surface area contributed by atoms with Crippen molar-refractivity contribution in [2.45, 2.75) is 32.4 Å². The van der Waals surface area contributed by atoms with Gasteiger partial charge in [0.2, 0.25) is 5.91 Å². The number of carbonyl (C=O) groups excluding carboxylic acids is 2. The van der Waals surface area contributed by atoms with Crippen LogP contribution < -0.4 is 5.32 Å².